The van der Waals surface area contributed by atoms with Crippen LogP contribution in [0.4, 0.5) is 0 Å². The first-order chi connectivity index (χ1) is 10.7. The van der Waals surface area contributed by atoms with Crippen molar-refractivity contribution in [3.63, 3.8) is 0 Å². The lowest BCUT2D eigenvalue weighted by molar-refractivity contribution is 0.0793. The predicted molar refractivity (Wildman–Crippen MR) is 83.4 cm³/mol. The Hall–Kier alpha value is -2.80. The summed E-state index contributed by atoms with van der Waals surface area (Å²) in [6.07, 6.45) is 2.13. The Morgan fingerprint density at radius 3 is 2.50 bits per heavy atom. The fourth-order valence-corrected chi connectivity index (χ4v) is 2.74. The van der Waals surface area contributed by atoms with Crippen LogP contribution in [0.3, 0.4) is 0 Å². The van der Waals surface area contributed by atoms with Gasteiger partial charge in [-0.15, -0.1) is 0 Å². The van der Waals surface area contributed by atoms with Crippen LogP contribution in [-0.4, -0.2) is 29.0 Å². The molecule has 0 bridgehead atoms. The third kappa shape index (κ3) is 2.66. The second kappa shape index (κ2) is 5.90. The van der Waals surface area contributed by atoms with Gasteiger partial charge >= 0.3 is 0 Å². The van der Waals surface area contributed by atoms with Crippen LogP contribution >= 0.6 is 0 Å². The maximum atomic E-state index is 12.4. The van der Waals surface area contributed by atoms with Crippen molar-refractivity contribution >= 4 is 5.91 Å². The summed E-state index contributed by atoms with van der Waals surface area (Å²) in [6.45, 7) is 1.64. The molecule has 2 aromatic carbocycles. The van der Waals surface area contributed by atoms with Gasteiger partial charge in [-0.2, -0.15) is 5.26 Å². The van der Waals surface area contributed by atoms with Crippen LogP contribution in [0.25, 0.3) is 11.1 Å². The van der Waals surface area contributed by atoms with Gasteiger partial charge in [0.2, 0.25) is 0 Å². The quantitative estimate of drug-likeness (QED) is 0.924. The number of carbonyl (C=O) groups excluding carboxylic acids is 1. The summed E-state index contributed by atoms with van der Waals surface area (Å²) >= 11 is 0. The number of hydrogen-bond donors (Lipinski definition) is 1. The molecule has 1 aliphatic heterocycles. The molecule has 2 aromatic rings. The molecule has 1 aliphatic rings. The monoisotopic (exact) mass is 292 g/mol. The summed E-state index contributed by atoms with van der Waals surface area (Å²) in [7, 11) is 0. The lowest BCUT2D eigenvalue weighted by Gasteiger charge is -2.15. The Morgan fingerprint density at radius 1 is 1.09 bits per heavy atom. The van der Waals surface area contributed by atoms with E-state index in [-0.39, 0.29) is 17.2 Å². The van der Waals surface area contributed by atoms with Crippen molar-refractivity contribution in [1.82, 2.24) is 4.90 Å². The molecule has 3 rings (SSSR count). The molecule has 110 valence electrons. The van der Waals surface area contributed by atoms with Crippen LogP contribution in [0, 0.1) is 11.3 Å². The van der Waals surface area contributed by atoms with Crippen molar-refractivity contribution in [3.05, 3.63) is 53.6 Å². The van der Waals surface area contributed by atoms with Crippen molar-refractivity contribution in [2.75, 3.05) is 13.1 Å². The molecule has 0 unspecified atom stereocenters. The van der Waals surface area contributed by atoms with Crippen molar-refractivity contribution in [2.45, 2.75) is 12.8 Å². The van der Waals surface area contributed by atoms with Crippen molar-refractivity contribution < 1.29 is 9.90 Å². The first-order valence-electron chi connectivity index (χ1n) is 7.32. The number of phenolic OH excluding ortho intramolecular Hbond substituents is 1. The van der Waals surface area contributed by atoms with Crippen LogP contribution in [0.5, 0.6) is 5.75 Å². The van der Waals surface area contributed by atoms with E-state index in [1.807, 2.05) is 35.2 Å². The SMILES string of the molecule is N#Cc1ccc(-c2cccc(C(=O)N3CCCC3)c2)cc1O. The molecular weight excluding hydrogens is 276 g/mol. The van der Waals surface area contributed by atoms with Gasteiger partial charge in [-0.05, 0) is 48.2 Å². The fraction of sp³-hybridized carbons (Fsp3) is 0.222. The van der Waals surface area contributed by atoms with Crippen LogP contribution < -0.4 is 0 Å². The molecule has 0 atom stereocenters. The number of aromatic hydroxyl groups is 1. The van der Waals surface area contributed by atoms with Gasteiger partial charge in [-0.3, -0.25) is 4.79 Å². The number of rotatable bonds is 2. The van der Waals surface area contributed by atoms with E-state index < -0.39 is 0 Å². The molecule has 0 saturated carbocycles. The van der Waals surface area contributed by atoms with E-state index in [1.165, 1.54) is 0 Å². The van der Waals surface area contributed by atoms with E-state index in [2.05, 4.69) is 0 Å². The third-order valence-electron chi connectivity index (χ3n) is 3.95. The fourth-order valence-electron chi connectivity index (χ4n) is 2.74. The molecule has 0 spiro atoms. The first kappa shape index (κ1) is 14.2. The number of amides is 1. The van der Waals surface area contributed by atoms with E-state index in [1.54, 1.807) is 18.2 Å². The number of nitrogens with zero attached hydrogens (tertiary/aromatic N) is 2. The smallest absolute Gasteiger partial charge is 0.253 e. The maximum absolute atomic E-state index is 12.4. The number of hydrogen-bond acceptors (Lipinski definition) is 3. The minimum Gasteiger partial charge on any atom is -0.507 e. The zero-order valence-electron chi connectivity index (χ0n) is 12.1. The molecular formula is C18H16N2O2. The van der Waals surface area contributed by atoms with Crippen LogP contribution in [0.1, 0.15) is 28.8 Å². The number of nitriles is 1. The highest BCUT2D eigenvalue weighted by molar-refractivity contribution is 5.95. The van der Waals surface area contributed by atoms with Gasteiger partial charge in [0.05, 0.1) is 5.56 Å². The molecule has 4 nitrogen and oxygen atoms in total. The Balaban J connectivity index is 1.92. The van der Waals surface area contributed by atoms with E-state index in [9.17, 15) is 9.90 Å². The summed E-state index contributed by atoms with van der Waals surface area (Å²) in [5.74, 6) is 0.00786. The average molecular weight is 292 g/mol. The number of likely N-dealkylation sites (tertiary alicyclic amines) is 1. The van der Waals surface area contributed by atoms with Crippen LogP contribution in [0.15, 0.2) is 42.5 Å². The van der Waals surface area contributed by atoms with Crippen LogP contribution in [-0.2, 0) is 0 Å². The Labute approximate surface area is 129 Å². The Kier molecular flexibility index (Phi) is 3.80. The molecule has 1 N–H and O–H groups in total. The second-order valence-corrected chi connectivity index (χ2v) is 5.42. The van der Waals surface area contributed by atoms with Gasteiger partial charge in [0.1, 0.15) is 11.8 Å². The average Bonchev–Trinajstić information content (AvgIpc) is 3.08. The van der Waals surface area contributed by atoms with Gasteiger partial charge in [0.25, 0.3) is 5.91 Å². The molecule has 1 fully saturated rings. The summed E-state index contributed by atoms with van der Waals surface area (Å²) in [6, 6.07) is 14.2. The van der Waals surface area contributed by atoms with E-state index >= 15 is 0 Å². The summed E-state index contributed by atoms with van der Waals surface area (Å²) in [4.78, 5) is 14.3. The lowest BCUT2D eigenvalue weighted by atomic mass is 10.0. The summed E-state index contributed by atoms with van der Waals surface area (Å²) in [5.41, 5.74) is 2.54. The molecule has 0 radical (unpaired) electrons. The van der Waals surface area contributed by atoms with E-state index in [0.29, 0.717) is 5.56 Å². The maximum Gasteiger partial charge on any atom is 0.253 e. The zero-order chi connectivity index (χ0) is 15.5. The number of phenols is 1. The lowest BCUT2D eigenvalue weighted by Crippen LogP contribution is -2.27. The minimum atomic E-state index is -0.0451. The van der Waals surface area contributed by atoms with Crippen molar-refractivity contribution in [1.29, 1.82) is 5.26 Å². The molecule has 0 aliphatic carbocycles. The third-order valence-corrected chi connectivity index (χ3v) is 3.95. The second-order valence-electron chi connectivity index (χ2n) is 5.42. The van der Waals surface area contributed by atoms with Crippen molar-refractivity contribution in [3.8, 4) is 22.9 Å². The van der Waals surface area contributed by atoms with Crippen molar-refractivity contribution in [2.24, 2.45) is 0 Å². The highest BCUT2D eigenvalue weighted by atomic mass is 16.3. The normalized spacial score (nSPS) is 13.9. The highest BCUT2D eigenvalue weighted by Crippen LogP contribution is 2.27. The largest absolute Gasteiger partial charge is 0.507 e. The highest BCUT2D eigenvalue weighted by Gasteiger charge is 2.19. The Bertz CT molecular complexity index is 756. The summed E-state index contributed by atoms with van der Waals surface area (Å²) in [5, 5.41) is 18.7. The van der Waals surface area contributed by atoms with Gasteiger partial charge in [-0.1, -0.05) is 18.2 Å². The molecule has 1 heterocycles. The molecule has 1 amide bonds. The molecule has 4 heteroatoms. The van der Waals surface area contributed by atoms with Gasteiger partial charge in [0, 0.05) is 18.7 Å². The number of carbonyl (C=O) groups is 1. The number of benzene rings is 2. The molecule has 0 aromatic heterocycles. The van der Waals surface area contributed by atoms with Gasteiger partial charge in [0.15, 0.2) is 0 Å². The van der Waals surface area contributed by atoms with Gasteiger partial charge < -0.3 is 10.0 Å². The topological polar surface area (TPSA) is 64.3 Å². The first-order valence-corrected chi connectivity index (χ1v) is 7.32. The molecule has 22 heavy (non-hydrogen) atoms. The molecule has 1 saturated heterocycles. The van der Waals surface area contributed by atoms with E-state index in [4.69, 9.17) is 5.26 Å². The van der Waals surface area contributed by atoms with E-state index in [0.717, 1.165) is 37.1 Å². The van der Waals surface area contributed by atoms with Crippen LogP contribution in [0.2, 0.25) is 0 Å². The standard InChI is InChI=1S/C18H16N2O2/c19-12-16-7-6-14(11-17(16)21)13-4-3-5-15(10-13)18(22)20-8-1-2-9-20/h3-7,10-11,21H,1-2,8-9H2. The zero-order valence-corrected chi connectivity index (χ0v) is 12.1. The minimum absolute atomic E-state index is 0.0451. The predicted octanol–water partition coefficient (Wildman–Crippen LogP) is 3.17. The van der Waals surface area contributed by atoms with Gasteiger partial charge in [-0.25, -0.2) is 0 Å². The Morgan fingerprint density at radius 2 is 1.82 bits per heavy atom. The summed E-state index contributed by atoms with van der Waals surface area (Å²) < 4.78 is 0.